The molecule has 0 spiro atoms. The van der Waals surface area contributed by atoms with Crippen LogP contribution < -0.4 is 23.7 Å². The zero-order chi connectivity index (χ0) is 26.7. The molecular weight excluding hydrogens is 474 g/mol. The molecule has 0 unspecified atom stereocenters. The first kappa shape index (κ1) is 25.9. The van der Waals surface area contributed by atoms with E-state index >= 15 is 0 Å². The van der Waals surface area contributed by atoms with E-state index in [1.165, 1.54) is 6.92 Å². The highest BCUT2D eigenvalue weighted by Crippen LogP contribution is 2.43. The summed E-state index contributed by atoms with van der Waals surface area (Å²) in [7, 11) is 6.36. The number of nitrogens with zero attached hydrogens (tertiary/aromatic N) is 1. The number of carbonyl (C=O) groups is 2. The van der Waals surface area contributed by atoms with Gasteiger partial charge in [0, 0.05) is 24.6 Å². The van der Waals surface area contributed by atoms with E-state index in [0.29, 0.717) is 52.8 Å². The van der Waals surface area contributed by atoms with Crippen molar-refractivity contribution in [3.05, 3.63) is 76.3 Å². The third-order valence-corrected chi connectivity index (χ3v) is 6.63. The van der Waals surface area contributed by atoms with Gasteiger partial charge in [-0.25, -0.2) is 0 Å². The molecule has 0 saturated heterocycles. The maximum Gasteiger partial charge on any atom is 0.308 e. The largest absolute Gasteiger partial charge is 0.493 e. The van der Waals surface area contributed by atoms with Gasteiger partial charge < -0.3 is 28.6 Å². The molecule has 3 aromatic carbocycles. The van der Waals surface area contributed by atoms with Crippen LogP contribution in [0.1, 0.15) is 45.6 Å². The molecule has 1 aliphatic rings. The lowest BCUT2D eigenvalue weighted by atomic mass is 9.86. The van der Waals surface area contributed by atoms with Crippen LogP contribution in [0.15, 0.2) is 48.5 Å². The molecule has 0 radical (unpaired) electrons. The fraction of sp³-hybridized carbons (Fsp3) is 0.310. The Morgan fingerprint density at radius 2 is 1.46 bits per heavy atom. The number of esters is 1. The third-order valence-electron chi connectivity index (χ3n) is 6.63. The number of amides is 1. The van der Waals surface area contributed by atoms with Crippen LogP contribution in [0.3, 0.4) is 0 Å². The highest BCUT2D eigenvalue weighted by molar-refractivity contribution is 5.97. The molecule has 8 heteroatoms. The fourth-order valence-electron chi connectivity index (χ4n) is 4.81. The number of rotatable bonds is 7. The Morgan fingerprint density at radius 3 is 2.11 bits per heavy atom. The summed E-state index contributed by atoms with van der Waals surface area (Å²) >= 11 is 0. The summed E-state index contributed by atoms with van der Waals surface area (Å²) in [6.07, 6.45) is 0.633. The minimum absolute atomic E-state index is 0.174. The minimum atomic E-state index is -0.441. The smallest absolute Gasteiger partial charge is 0.308 e. The maximum absolute atomic E-state index is 14.1. The zero-order valence-corrected chi connectivity index (χ0v) is 21.9. The van der Waals surface area contributed by atoms with E-state index in [1.54, 1.807) is 53.6 Å². The van der Waals surface area contributed by atoms with Crippen LogP contribution >= 0.6 is 0 Å². The Bertz CT molecular complexity index is 1330. The lowest BCUT2D eigenvalue weighted by Crippen LogP contribution is -2.41. The van der Waals surface area contributed by atoms with Crippen LogP contribution in [0.5, 0.6) is 28.7 Å². The Balaban J connectivity index is 1.88. The summed E-state index contributed by atoms with van der Waals surface area (Å²) in [5, 5.41) is 0. The molecule has 1 heterocycles. The van der Waals surface area contributed by atoms with Gasteiger partial charge in [0.2, 0.25) is 0 Å². The average Bonchev–Trinajstić information content (AvgIpc) is 2.91. The Labute approximate surface area is 216 Å². The quantitative estimate of drug-likeness (QED) is 0.339. The van der Waals surface area contributed by atoms with Crippen LogP contribution in [0.4, 0.5) is 0 Å². The van der Waals surface area contributed by atoms with Gasteiger partial charge in [0.25, 0.3) is 5.91 Å². The van der Waals surface area contributed by atoms with E-state index < -0.39 is 12.0 Å². The molecule has 1 atom stereocenters. The predicted octanol–water partition coefficient (Wildman–Crippen LogP) is 4.74. The molecule has 194 valence electrons. The summed E-state index contributed by atoms with van der Waals surface area (Å²) in [6, 6.07) is 14.3. The molecular formula is C29H31NO7. The zero-order valence-electron chi connectivity index (χ0n) is 21.9. The first-order valence-corrected chi connectivity index (χ1v) is 11.9. The summed E-state index contributed by atoms with van der Waals surface area (Å²) < 4.78 is 27.5. The van der Waals surface area contributed by atoms with Crippen LogP contribution in [0.2, 0.25) is 0 Å². The second-order valence-corrected chi connectivity index (χ2v) is 8.69. The van der Waals surface area contributed by atoms with Crippen molar-refractivity contribution >= 4 is 11.9 Å². The van der Waals surface area contributed by atoms with Crippen molar-refractivity contribution in [3.8, 4) is 28.7 Å². The van der Waals surface area contributed by atoms with E-state index in [2.05, 4.69) is 0 Å². The van der Waals surface area contributed by atoms with Gasteiger partial charge in [-0.3, -0.25) is 9.59 Å². The van der Waals surface area contributed by atoms with Crippen molar-refractivity contribution < 1.29 is 33.3 Å². The first-order chi connectivity index (χ1) is 17.8. The topological polar surface area (TPSA) is 83.5 Å². The fourth-order valence-corrected chi connectivity index (χ4v) is 4.81. The molecule has 0 N–H and O–H groups in total. The Morgan fingerprint density at radius 1 is 0.811 bits per heavy atom. The Hall–Kier alpha value is -4.20. The van der Waals surface area contributed by atoms with Gasteiger partial charge in [0.05, 0.1) is 34.5 Å². The standard InChI is InChI=1S/C29H31NO7/c1-17-21(8-7-9-23(17)37-18(2)31)29(32)30-13-12-19-14-26(35-5)27(36-6)16-22(19)28(30)20-10-11-24(33-3)25(15-20)34-4/h7-11,14-16,28H,12-13H2,1-6H3/t28-/m1/s1. The van der Waals surface area contributed by atoms with Crippen LogP contribution in [-0.2, 0) is 11.2 Å². The highest BCUT2D eigenvalue weighted by atomic mass is 16.5. The summed E-state index contributed by atoms with van der Waals surface area (Å²) in [5.41, 5.74) is 3.91. The second-order valence-electron chi connectivity index (χ2n) is 8.69. The highest BCUT2D eigenvalue weighted by Gasteiger charge is 2.35. The monoisotopic (exact) mass is 505 g/mol. The van der Waals surface area contributed by atoms with Crippen LogP contribution in [0, 0.1) is 6.92 Å². The van der Waals surface area contributed by atoms with Crippen LogP contribution in [-0.4, -0.2) is 51.8 Å². The first-order valence-electron chi connectivity index (χ1n) is 11.9. The average molecular weight is 506 g/mol. The lowest BCUT2D eigenvalue weighted by molar-refractivity contribution is -0.131. The second kappa shape index (κ2) is 10.8. The predicted molar refractivity (Wildman–Crippen MR) is 138 cm³/mol. The maximum atomic E-state index is 14.1. The molecule has 8 nitrogen and oxygen atoms in total. The summed E-state index contributed by atoms with van der Waals surface area (Å²) in [6.45, 7) is 3.59. The van der Waals surface area contributed by atoms with E-state index in [9.17, 15) is 9.59 Å². The molecule has 1 amide bonds. The Kier molecular flexibility index (Phi) is 7.57. The number of hydrogen-bond acceptors (Lipinski definition) is 7. The molecule has 0 aliphatic carbocycles. The van der Waals surface area contributed by atoms with Gasteiger partial charge >= 0.3 is 5.97 Å². The summed E-state index contributed by atoms with van der Waals surface area (Å²) in [5.74, 6) is 2.12. The van der Waals surface area contributed by atoms with Gasteiger partial charge in [-0.15, -0.1) is 0 Å². The number of benzene rings is 3. The molecule has 0 bridgehead atoms. The van der Waals surface area contributed by atoms with E-state index in [-0.39, 0.29) is 5.91 Å². The molecule has 0 saturated carbocycles. The number of carbonyl (C=O) groups excluding carboxylic acids is 2. The molecule has 0 fully saturated rings. The molecule has 37 heavy (non-hydrogen) atoms. The number of fused-ring (bicyclic) bond motifs is 1. The van der Waals surface area contributed by atoms with Crippen molar-refractivity contribution in [3.63, 3.8) is 0 Å². The molecule has 3 aromatic rings. The van der Waals surface area contributed by atoms with Crippen molar-refractivity contribution in [2.24, 2.45) is 0 Å². The molecule has 0 aromatic heterocycles. The van der Waals surface area contributed by atoms with E-state index in [1.807, 2.05) is 35.2 Å². The van der Waals surface area contributed by atoms with E-state index in [0.717, 1.165) is 16.7 Å². The normalized spacial score (nSPS) is 14.4. The number of ether oxygens (including phenoxy) is 5. The van der Waals surface area contributed by atoms with Gasteiger partial charge in [-0.1, -0.05) is 12.1 Å². The SMILES string of the molecule is COc1ccc([C@@H]2c3cc(OC)c(OC)cc3CCN2C(=O)c2cccc(OC(C)=O)c2C)cc1OC. The van der Waals surface area contributed by atoms with Crippen molar-refractivity contribution in [1.82, 2.24) is 4.90 Å². The van der Waals surface area contributed by atoms with Crippen LogP contribution in [0.25, 0.3) is 0 Å². The number of methoxy groups -OCH3 is 4. The summed E-state index contributed by atoms with van der Waals surface area (Å²) in [4.78, 5) is 27.5. The van der Waals surface area contributed by atoms with Gasteiger partial charge in [-0.05, 0) is 66.4 Å². The lowest BCUT2D eigenvalue weighted by Gasteiger charge is -2.38. The molecule has 1 aliphatic heterocycles. The van der Waals surface area contributed by atoms with Gasteiger partial charge in [0.15, 0.2) is 23.0 Å². The third kappa shape index (κ3) is 4.91. The van der Waals surface area contributed by atoms with Crippen molar-refractivity contribution in [2.75, 3.05) is 35.0 Å². The van der Waals surface area contributed by atoms with Crippen molar-refractivity contribution in [2.45, 2.75) is 26.3 Å². The van der Waals surface area contributed by atoms with Crippen molar-refractivity contribution in [1.29, 1.82) is 0 Å². The molecule has 4 rings (SSSR count). The number of hydrogen-bond donors (Lipinski definition) is 0. The van der Waals surface area contributed by atoms with Gasteiger partial charge in [-0.2, -0.15) is 0 Å². The van der Waals surface area contributed by atoms with E-state index in [4.69, 9.17) is 23.7 Å². The minimum Gasteiger partial charge on any atom is -0.493 e. The van der Waals surface area contributed by atoms with Gasteiger partial charge in [0.1, 0.15) is 5.75 Å².